The summed E-state index contributed by atoms with van der Waals surface area (Å²) in [7, 11) is 0. The molecule has 0 aliphatic carbocycles. The van der Waals surface area contributed by atoms with E-state index in [9.17, 15) is 4.79 Å². The standard InChI is InChI=1S/C13H13NO2/c1-3-11-13(14-12(8-15)16-11)10-6-4-5-9(2)7-10/h4-8H,3H2,1-2H3. The van der Waals surface area contributed by atoms with E-state index in [2.05, 4.69) is 4.98 Å². The highest BCUT2D eigenvalue weighted by Crippen LogP contribution is 2.24. The first-order chi connectivity index (χ1) is 7.74. The monoisotopic (exact) mass is 215 g/mol. The predicted molar refractivity (Wildman–Crippen MR) is 61.4 cm³/mol. The van der Waals surface area contributed by atoms with Crippen molar-refractivity contribution in [3.8, 4) is 11.3 Å². The summed E-state index contributed by atoms with van der Waals surface area (Å²) in [6.07, 6.45) is 1.36. The SMILES string of the molecule is CCc1oc(C=O)nc1-c1cccc(C)c1. The van der Waals surface area contributed by atoms with Gasteiger partial charge in [-0.05, 0) is 13.0 Å². The van der Waals surface area contributed by atoms with Gasteiger partial charge in [0.2, 0.25) is 6.29 Å². The van der Waals surface area contributed by atoms with Crippen molar-refractivity contribution in [2.75, 3.05) is 0 Å². The Labute approximate surface area is 94.1 Å². The number of aromatic nitrogens is 1. The molecule has 2 aromatic rings. The van der Waals surface area contributed by atoms with Crippen molar-refractivity contribution in [2.24, 2.45) is 0 Å². The van der Waals surface area contributed by atoms with E-state index in [4.69, 9.17) is 4.42 Å². The van der Waals surface area contributed by atoms with Gasteiger partial charge in [-0.1, -0.05) is 30.7 Å². The van der Waals surface area contributed by atoms with E-state index >= 15 is 0 Å². The zero-order chi connectivity index (χ0) is 11.5. The Kier molecular flexibility index (Phi) is 2.86. The number of rotatable bonds is 3. The van der Waals surface area contributed by atoms with Crippen LogP contribution >= 0.6 is 0 Å². The number of aryl methyl sites for hydroxylation is 2. The average molecular weight is 215 g/mol. The minimum absolute atomic E-state index is 0.147. The summed E-state index contributed by atoms with van der Waals surface area (Å²) in [5.74, 6) is 0.904. The second kappa shape index (κ2) is 4.31. The molecule has 0 spiro atoms. The summed E-state index contributed by atoms with van der Waals surface area (Å²) in [4.78, 5) is 14.8. The molecule has 0 saturated heterocycles. The highest BCUT2D eigenvalue weighted by molar-refractivity contribution is 5.71. The molecule has 1 aromatic carbocycles. The van der Waals surface area contributed by atoms with Crippen LogP contribution in [0.15, 0.2) is 28.7 Å². The van der Waals surface area contributed by atoms with E-state index in [0.29, 0.717) is 6.29 Å². The molecule has 0 radical (unpaired) electrons. The van der Waals surface area contributed by atoms with Gasteiger partial charge in [0, 0.05) is 12.0 Å². The van der Waals surface area contributed by atoms with Gasteiger partial charge in [-0.25, -0.2) is 4.98 Å². The van der Waals surface area contributed by atoms with E-state index in [1.165, 1.54) is 0 Å². The Balaban J connectivity index is 2.54. The molecule has 0 aliphatic heterocycles. The van der Waals surface area contributed by atoms with Crippen LogP contribution < -0.4 is 0 Å². The molecule has 0 aliphatic rings. The zero-order valence-corrected chi connectivity index (χ0v) is 9.36. The Morgan fingerprint density at radius 2 is 2.25 bits per heavy atom. The fraction of sp³-hybridized carbons (Fsp3) is 0.231. The summed E-state index contributed by atoms with van der Waals surface area (Å²) in [6.45, 7) is 4.00. The highest BCUT2D eigenvalue weighted by atomic mass is 16.4. The second-order valence-corrected chi connectivity index (χ2v) is 3.66. The van der Waals surface area contributed by atoms with Gasteiger partial charge in [-0.2, -0.15) is 0 Å². The molecule has 1 heterocycles. The van der Waals surface area contributed by atoms with Crippen molar-refractivity contribution in [1.82, 2.24) is 4.98 Å². The Bertz CT molecular complexity index is 514. The molecule has 1 aromatic heterocycles. The molecule has 16 heavy (non-hydrogen) atoms. The molecule has 0 saturated carbocycles. The van der Waals surface area contributed by atoms with Crippen LogP contribution in [0.5, 0.6) is 0 Å². The summed E-state index contributed by atoms with van der Waals surface area (Å²) in [5, 5.41) is 0. The number of benzene rings is 1. The van der Waals surface area contributed by atoms with E-state index < -0.39 is 0 Å². The summed E-state index contributed by atoms with van der Waals surface area (Å²) in [6, 6.07) is 8.00. The topological polar surface area (TPSA) is 43.1 Å². The Hall–Kier alpha value is -1.90. The Morgan fingerprint density at radius 1 is 1.44 bits per heavy atom. The van der Waals surface area contributed by atoms with Crippen LogP contribution in [0.3, 0.4) is 0 Å². The molecule has 0 atom stereocenters. The van der Waals surface area contributed by atoms with Crippen molar-refractivity contribution >= 4 is 6.29 Å². The maximum atomic E-state index is 10.6. The fourth-order valence-corrected chi connectivity index (χ4v) is 1.68. The maximum absolute atomic E-state index is 10.6. The lowest BCUT2D eigenvalue weighted by Gasteiger charge is -1.99. The van der Waals surface area contributed by atoms with Crippen LogP contribution in [0.1, 0.15) is 28.9 Å². The maximum Gasteiger partial charge on any atom is 0.260 e. The average Bonchev–Trinajstić information content (AvgIpc) is 2.72. The van der Waals surface area contributed by atoms with E-state index in [-0.39, 0.29) is 5.89 Å². The number of carbonyl (C=O) groups excluding carboxylic acids is 1. The third kappa shape index (κ3) is 1.89. The van der Waals surface area contributed by atoms with Gasteiger partial charge in [0.25, 0.3) is 5.89 Å². The van der Waals surface area contributed by atoms with E-state index in [0.717, 1.165) is 29.0 Å². The molecule has 2 rings (SSSR count). The minimum Gasteiger partial charge on any atom is -0.438 e. The van der Waals surface area contributed by atoms with Crippen LogP contribution in [-0.4, -0.2) is 11.3 Å². The van der Waals surface area contributed by atoms with Crippen molar-refractivity contribution < 1.29 is 9.21 Å². The molecule has 0 fully saturated rings. The van der Waals surface area contributed by atoms with Crippen LogP contribution in [0.2, 0.25) is 0 Å². The number of oxazole rings is 1. The molecule has 0 amide bonds. The Morgan fingerprint density at radius 3 is 2.88 bits per heavy atom. The van der Waals surface area contributed by atoms with Gasteiger partial charge in [-0.15, -0.1) is 0 Å². The fourth-order valence-electron chi connectivity index (χ4n) is 1.68. The minimum atomic E-state index is 0.147. The molecule has 0 bridgehead atoms. The smallest absolute Gasteiger partial charge is 0.260 e. The van der Waals surface area contributed by atoms with Crippen molar-refractivity contribution in [3.05, 3.63) is 41.5 Å². The lowest BCUT2D eigenvalue weighted by molar-refractivity contribution is 0.109. The number of nitrogens with zero attached hydrogens (tertiary/aromatic N) is 1. The molecule has 3 nitrogen and oxygen atoms in total. The molecular formula is C13H13NO2. The van der Waals surface area contributed by atoms with Gasteiger partial charge in [-0.3, -0.25) is 4.79 Å². The zero-order valence-electron chi connectivity index (χ0n) is 9.36. The molecule has 0 N–H and O–H groups in total. The molecule has 0 unspecified atom stereocenters. The molecule has 3 heteroatoms. The number of aldehydes is 1. The van der Waals surface area contributed by atoms with Gasteiger partial charge < -0.3 is 4.42 Å². The van der Waals surface area contributed by atoms with Gasteiger partial charge in [0.05, 0.1) is 0 Å². The van der Waals surface area contributed by atoms with Gasteiger partial charge in [0.1, 0.15) is 11.5 Å². The summed E-state index contributed by atoms with van der Waals surface area (Å²) < 4.78 is 5.33. The third-order valence-electron chi connectivity index (χ3n) is 2.43. The summed E-state index contributed by atoms with van der Waals surface area (Å²) in [5.41, 5.74) is 2.93. The van der Waals surface area contributed by atoms with Gasteiger partial charge >= 0.3 is 0 Å². The normalized spacial score (nSPS) is 10.4. The van der Waals surface area contributed by atoms with Crippen LogP contribution in [0, 0.1) is 6.92 Å². The highest BCUT2D eigenvalue weighted by Gasteiger charge is 2.12. The summed E-state index contributed by atoms with van der Waals surface area (Å²) >= 11 is 0. The predicted octanol–water partition coefficient (Wildman–Crippen LogP) is 3.02. The van der Waals surface area contributed by atoms with Crippen LogP contribution in [0.25, 0.3) is 11.3 Å². The third-order valence-corrected chi connectivity index (χ3v) is 2.43. The van der Waals surface area contributed by atoms with Crippen molar-refractivity contribution in [2.45, 2.75) is 20.3 Å². The first-order valence-corrected chi connectivity index (χ1v) is 5.26. The first kappa shape index (κ1) is 10.6. The lowest BCUT2D eigenvalue weighted by atomic mass is 10.1. The number of carbonyl (C=O) groups is 1. The largest absolute Gasteiger partial charge is 0.438 e. The van der Waals surface area contributed by atoms with Crippen LogP contribution in [0.4, 0.5) is 0 Å². The molecular weight excluding hydrogens is 202 g/mol. The van der Waals surface area contributed by atoms with Crippen molar-refractivity contribution in [1.29, 1.82) is 0 Å². The number of hydrogen-bond acceptors (Lipinski definition) is 3. The van der Waals surface area contributed by atoms with Crippen molar-refractivity contribution in [3.63, 3.8) is 0 Å². The first-order valence-electron chi connectivity index (χ1n) is 5.26. The van der Waals surface area contributed by atoms with E-state index in [1.54, 1.807) is 0 Å². The van der Waals surface area contributed by atoms with Crippen LogP contribution in [-0.2, 0) is 6.42 Å². The quantitative estimate of drug-likeness (QED) is 0.739. The lowest BCUT2D eigenvalue weighted by Crippen LogP contribution is -1.85. The van der Waals surface area contributed by atoms with E-state index in [1.807, 2.05) is 38.1 Å². The molecule has 82 valence electrons. The van der Waals surface area contributed by atoms with Gasteiger partial charge in [0.15, 0.2) is 0 Å². The number of hydrogen-bond donors (Lipinski definition) is 0. The second-order valence-electron chi connectivity index (χ2n) is 3.66.